The Bertz CT molecular complexity index is 499. The molecule has 84 valence electrons. The largest absolute Gasteiger partial charge is 0.430 e. The maximum Gasteiger partial charge on any atom is 0.288 e. The number of aromatic nitrogens is 1. The molecule has 0 amide bonds. The van der Waals surface area contributed by atoms with Gasteiger partial charge in [0.1, 0.15) is 16.3 Å². The van der Waals surface area contributed by atoms with Gasteiger partial charge in [0.15, 0.2) is 5.58 Å². The van der Waals surface area contributed by atoms with E-state index in [1.54, 1.807) is 0 Å². The molecule has 1 fully saturated rings. The minimum Gasteiger partial charge on any atom is -0.430 e. The van der Waals surface area contributed by atoms with Crippen LogP contribution in [-0.4, -0.2) is 27.5 Å². The van der Waals surface area contributed by atoms with E-state index in [9.17, 15) is 4.21 Å². The second kappa shape index (κ2) is 3.99. The molecule has 0 unspecified atom stereocenters. The van der Waals surface area contributed by atoms with Crippen molar-refractivity contribution in [2.75, 3.05) is 13.1 Å². The van der Waals surface area contributed by atoms with E-state index in [0.717, 1.165) is 25.0 Å². The van der Waals surface area contributed by atoms with Gasteiger partial charge < -0.3 is 9.73 Å². The van der Waals surface area contributed by atoms with Crippen LogP contribution in [0.2, 0.25) is 0 Å². The summed E-state index contributed by atoms with van der Waals surface area (Å²) in [5.74, 6) is 0. The van der Waals surface area contributed by atoms with Crippen LogP contribution in [0, 0.1) is 0 Å². The molecule has 2 heterocycles. The minimum absolute atomic E-state index is 0.132. The molecule has 1 N–H and O–H groups in total. The van der Waals surface area contributed by atoms with E-state index in [1.165, 1.54) is 0 Å². The van der Waals surface area contributed by atoms with Crippen LogP contribution in [0.1, 0.15) is 6.42 Å². The summed E-state index contributed by atoms with van der Waals surface area (Å²) in [6, 6.07) is 7.49. The molecule has 0 bridgehead atoms. The highest BCUT2D eigenvalue weighted by molar-refractivity contribution is 7.85. The number of fused-ring (bicyclic) bond motifs is 1. The molecule has 1 aliphatic heterocycles. The topological polar surface area (TPSA) is 55.1 Å². The average molecular weight is 236 g/mol. The number of hydrogen-bond donors (Lipinski definition) is 1. The minimum atomic E-state index is -1.13. The maximum absolute atomic E-state index is 12.1. The molecule has 3 rings (SSSR count). The fourth-order valence-corrected chi connectivity index (χ4v) is 3.14. The van der Waals surface area contributed by atoms with Crippen molar-refractivity contribution in [2.24, 2.45) is 0 Å². The van der Waals surface area contributed by atoms with Gasteiger partial charge in [0.05, 0.1) is 5.25 Å². The molecule has 4 nitrogen and oxygen atoms in total. The van der Waals surface area contributed by atoms with Gasteiger partial charge in [0.25, 0.3) is 5.22 Å². The third-order valence-corrected chi connectivity index (χ3v) is 4.29. The first-order valence-electron chi connectivity index (χ1n) is 5.31. The first kappa shape index (κ1) is 9.99. The first-order chi connectivity index (χ1) is 7.84. The summed E-state index contributed by atoms with van der Waals surface area (Å²) in [7, 11) is -1.13. The van der Waals surface area contributed by atoms with Crippen LogP contribution in [0.15, 0.2) is 33.9 Å². The Morgan fingerprint density at radius 1 is 1.44 bits per heavy atom. The quantitative estimate of drug-likeness (QED) is 0.854. The standard InChI is InChI=1S/C11H12N2O2S/c14-16(8-5-6-12-7-8)11-13-9-3-1-2-4-10(9)15-11/h1-4,8,12H,5-7H2/t8-,16+/m1/s1. The SMILES string of the molecule is O=[S@](c1nc2ccccc2o1)[C@@H]1CCNC1. The molecule has 0 spiro atoms. The Morgan fingerprint density at radius 2 is 2.31 bits per heavy atom. The first-order valence-corrected chi connectivity index (χ1v) is 6.53. The second-order valence-electron chi connectivity index (χ2n) is 3.86. The van der Waals surface area contributed by atoms with Crippen LogP contribution in [0.4, 0.5) is 0 Å². The summed E-state index contributed by atoms with van der Waals surface area (Å²) < 4.78 is 17.6. The van der Waals surface area contributed by atoms with E-state index in [0.29, 0.717) is 10.8 Å². The molecule has 2 aromatic rings. The lowest BCUT2D eigenvalue weighted by atomic mass is 10.3. The van der Waals surface area contributed by atoms with Crippen LogP contribution >= 0.6 is 0 Å². The number of hydrogen-bond acceptors (Lipinski definition) is 4. The van der Waals surface area contributed by atoms with Gasteiger partial charge >= 0.3 is 0 Å². The zero-order valence-electron chi connectivity index (χ0n) is 8.68. The van der Waals surface area contributed by atoms with Crippen molar-refractivity contribution in [1.82, 2.24) is 10.3 Å². The van der Waals surface area contributed by atoms with E-state index in [1.807, 2.05) is 24.3 Å². The smallest absolute Gasteiger partial charge is 0.288 e. The summed E-state index contributed by atoms with van der Waals surface area (Å²) in [6.45, 7) is 1.71. The number of nitrogens with one attached hydrogen (secondary N) is 1. The number of rotatable bonds is 2. The van der Waals surface area contributed by atoms with Crippen LogP contribution < -0.4 is 5.32 Å². The van der Waals surface area contributed by atoms with E-state index in [-0.39, 0.29) is 5.25 Å². The molecule has 16 heavy (non-hydrogen) atoms. The lowest BCUT2D eigenvalue weighted by Crippen LogP contribution is -2.18. The van der Waals surface area contributed by atoms with Gasteiger partial charge in [0.2, 0.25) is 0 Å². The molecule has 0 saturated carbocycles. The van der Waals surface area contributed by atoms with Crippen molar-refractivity contribution in [2.45, 2.75) is 16.9 Å². The van der Waals surface area contributed by atoms with Gasteiger partial charge in [-0.05, 0) is 25.1 Å². The van der Waals surface area contributed by atoms with Crippen molar-refractivity contribution in [3.63, 3.8) is 0 Å². The zero-order valence-corrected chi connectivity index (χ0v) is 9.50. The Hall–Kier alpha value is -1.20. The van der Waals surface area contributed by atoms with E-state index < -0.39 is 10.8 Å². The third-order valence-electron chi connectivity index (χ3n) is 2.76. The fraction of sp³-hybridized carbons (Fsp3) is 0.364. The van der Waals surface area contributed by atoms with Crippen molar-refractivity contribution in [3.05, 3.63) is 24.3 Å². The zero-order chi connectivity index (χ0) is 11.0. The molecular formula is C11H12N2O2S. The summed E-state index contributed by atoms with van der Waals surface area (Å²) in [5, 5.41) is 3.68. The van der Waals surface area contributed by atoms with Gasteiger partial charge in [-0.1, -0.05) is 12.1 Å². The van der Waals surface area contributed by atoms with Crippen molar-refractivity contribution in [3.8, 4) is 0 Å². The molecule has 1 aromatic carbocycles. The summed E-state index contributed by atoms with van der Waals surface area (Å²) in [4.78, 5) is 4.26. The maximum atomic E-state index is 12.1. The van der Waals surface area contributed by atoms with Gasteiger partial charge in [-0.2, -0.15) is 0 Å². The third kappa shape index (κ3) is 1.66. The van der Waals surface area contributed by atoms with Crippen LogP contribution in [0.25, 0.3) is 11.1 Å². The lowest BCUT2D eigenvalue weighted by molar-refractivity contribution is 0.475. The highest BCUT2D eigenvalue weighted by atomic mass is 32.2. The number of para-hydroxylation sites is 2. The number of benzene rings is 1. The van der Waals surface area contributed by atoms with Crippen molar-refractivity contribution in [1.29, 1.82) is 0 Å². The van der Waals surface area contributed by atoms with Crippen LogP contribution in [-0.2, 0) is 10.8 Å². The Balaban J connectivity index is 1.96. The summed E-state index contributed by atoms with van der Waals surface area (Å²) >= 11 is 0. The Morgan fingerprint density at radius 3 is 3.06 bits per heavy atom. The molecule has 1 aliphatic rings. The van der Waals surface area contributed by atoms with Gasteiger partial charge in [-0.15, -0.1) is 0 Å². The van der Waals surface area contributed by atoms with E-state index >= 15 is 0 Å². The Labute approximate surface area is 95.5 Å². The van der Waals surface area contributed by atoms with Crippen LogP contribution in [0.5, 0.6) is 0 Å². The van der Waals surface area contributed by atoms with Gasteiger partial charge in [0, 0.05) is 6.54 Å². The van der Waals surface area contributed by atoms with E-state index in [4.69, 9.17) is 4.42 Å². The number of nitrogens with zero attached hydrogens (tertiary/aromatic N) is 1. The van der Waals surface area contributed by atoms with Gasteiger partial charge in [-0.25, -0.2) is 9.19 Å². The fourth-order valence-electron chi connectivity index (χ4n) is 1.89. The average Bonchev–Trinajstić information content (AvgIpc) is 2.97. The molecule has 0 aliphatic carbocycles. The summed E-state index contributed by atoms with van der Waals surface area (Å²) in [6.07, 6.45) is 0.922. The molecule has 2 atom stereocenters. The molecule has 1 aromatic heterocycles. The lowest BCUT2D eigenvalue weighted by Gasteiger charge is -2.02. The molecule has 0 radical (unpaired) electrons. The predicted octanol–water partition coefficient (Wildman–Crippen LogP) is 1.30. The highest BCUT2D eigenvalue weighted by Crippen LogP contribution is 2.20. The molecule has 1 saturated heterocycles. The second-order valence-corrected chi connectivity index (χ2v) is 5.47. The van der Waals surface area contributed by atoms with Crippen molar-refractivity contribution >= 4 is 21.9 Å². The predicted molar refractivity (Wildman–Crippen MR) is 61.7 cm³/mol. The Kier molecular flexibility index (Phi) is 2.49. The van der Waals surface area contributed by atoms with E-state index in [2.05, 4.69) is 10.3 Å². The van der Waals surface area contributed by atoms with Crippen molar-refractivity contribution < 1.29 is 8.63 Å². The molecule has 5 heteroatoms. The van der Waals surface area contributed by atoms with Crippen LogP contribution in [0.3, 0.4) is 0 Å². The molecular weight excluding hydrogens is 224 g/mol. The normalized spacial score (nSPS) is 22.6. The number of oxazole rings is 1. The monoisotopic (exact) mass is 236 g/mol. The summed E-state index contributed by atoms with van der Waals surface area (Å²) in [5.41, 5.74) is 1.48. The van der Waals surface area contributed by atoms with Gasteiger partial charge in [-0.3, -0.25) is 0 Å². The highest BCUT2D eigenvalue weighted by Gasteiger charge is 2.25.